The fourth-order valence-corrected chi connectivity index (χ4v) is 4.51. The molecule has 0 amide bonds. The summed E-state index contributed by atoms with van der Waals surface area (Å²) in [5.41, 5.74) is 4.08. The van der Waals surface area contributed by atoms with Crippen LogP contribution in [0.5, 0.6) is 0 Å². The van der Waals surface area contributed by atoms with E-state index in [1.807, 2.05) is 53.6 Å². The van der Waals surface area contributed by atoms with Gasteiger partial charge in [0.25, 0.3) is 0 Å². The zero-order chi connectivity index (χ0) is 21.4. The summed E-state index contributed by atoms with van der Waals surface area (Å²) in [6.07, 6.45) is 8.30. The van der Waals surface area contributed by atoms with Crippen LogP contribution < -0.4 is 10.6 Å². The zero-order valence-corrected chi connectivity index (χ0v) is 17.8. The lowest BCUT2D eigenvalue weighted by Crippen LogP contribution is -2.35. The van der Waals surface area contributed by atoms with E-state index in [4.69, 9.17) is 4.98 Å². The highest BCUT2D eigenvalue weighted by molar-refractivity contribution is 5.82. The van der Waals surface area contributed by atoms with Gasteiger partial charge in [-0.15, -0.1) is 5.10 Å². The number of anilines is 1. The Labute approximate surface area is 179 Å². The number of hydrogen-bond acceptors (Lipinski definition) is 6. The number of nitrogens with zero attached hydrogens (tertiary/aromatic N) is 6. The van der Waals surface area contributed by atoms with Crippen LogP contribution in [0.4, 0.5) is 10.3 Å². The van der Waals surface area contributed by atoms with Gasteiger partial charge < -0.3 is 15.2 Å². The monoisotopic (exact) mass is 422 g/mol. The van der Waals surface area contributed by atoms with Crippen molar-refractivity contribution < 1.29 is 4.39 Å². The summed E-state index contributed by atoms with van der Waals surface area (Å²) >= 11 is 0. The van der Waals surface area contributed by atoms with Gasteiger partial charge in [0.15, 0.2) is 5.65 Å². The van der Waals surface area contributed by atoms with Gasteiger partial charge >= 0.3 is 0 Å². The molecule has 0 atom stereocenters. The molecule has 0 radical (unpaired) electrons. The SMILES string of the molecule is CNC1CCC(Nc2ncc3c(-c4ccc5nc(C)n(CCF)c5n4)ccn3n2)CC1. The van der Waals surface area contributed by atoms with Crippen LogP contribution in [0.15, 0.2) is 30.6 Å². The number of hydrogen-bond donors (Lipinski definition) is 2. The van der Waals surface area contributed by atoms with Gasteiger partial charge in [-0.3, -0.25) is 0 Å². The molecule has 0 saturated heterocycles. The molecule has 1 aliphatic carbocycles. The van der Waals surface area contributed by atoms with Gasteiger partial charge in [-0.2, -0.15) is 0 Å². The predicted molar refractivity (Wildman–Crippen MR) is 119 cm³/mol. The Balaban J connectivity index is 1.42. The molecule has 1 fully saturated rings. The number of imidazole rings is 1. The molecule has 1 aliphatic rings. The number of alkyl halides is 1. The van der Waals surface area contributed by atoms with Crippen molar-refractivity contribution >= 4 is 22.6 Å². The van der Waals surface area contributed by atoms with E-state index in [-0.39, 0.29) is 6.54 Å². The predicted octanol–water partition coefficient (Wildman–Crippen LogP) is 3.36. The first-order valence-corrected chi connectivity index (χ1v) is 10.8. The normalized spacial score (nSPS) is 19.3. The highest BCUT2D eigenvalue weighted by Gasteiger charge is 2.21. The molecule has 0 spiro atoms. The lowest BCUT2D eigenvalue weighted by Gasteiger charge is -2.28. The van der Waals surface area contributed by atoms with Crippen molar-refractivity contribution in [1.82, 2.24) is 34.4 Å². The van der Waals surface area contributed by atoms with Crippen LogP contribution in [0, 0.1) is 6.92 Å². The fourth-order valence-electron chi connectivity index (χ4n) is 4.51. The van der Waals surface area contributed by atoms with E-state index in [1.165, 1.54) is 0 Å². The van der Waals surface area contributed by atoms with Crippen LogP contribution >= 0.6 is 0 Å². The summed E-state index contributed by atoms with van der Waals surface area (Å²) in [5, 5.41) is 11.5. The number of fused-ring (bicyclic) bond motifs is 2. The maximum atomic E-state index is 13.0. The highest BCUT2D eigenvalue weighted by Crippen LogP contribution is 2.27. The van der Waals surface area contributed by atoms with Crippen molar-refractivity contribution in [1.29, 1.82) is 0 Å². The van der Waals surface area contributed by atoms with Crippen molar-refractivity contribution in [3.8, 4) is 11.3 Å². The van der Waals surface area contributed by atoms with Crippen LogP contribution in [0.3, 0.4) is 0 Å². The van der Waals surface area contributed by atoms with Gasteiger partial charge in [-0.25, -0.2) is 23.9 Å². The maximum absolute atomic E-state index is 13.0. The molecule has 0 aromatic carbocycles. The molecule has 8 nitrogen and oxygen atoms in total. The van der Waals surface area contributed by atoms with E-state index in [9.17, 15) is 4.39 Å². The van der Waals surface area contributed by atoms with Crippen LogP contribution in [0.2, 0.25) is 0 Å². The summed E-state index contributed by atoms with van der Waals surface area (Å²) in [6, 6.07) is 6.88. The summed E-state index contributed by atoms with van der Waals surface area (Å²) in [7, 11) is 2.03. The summed E-state index contributed by atoms with van der Waals surface area (Å²) in [4.78, 5) is 13.8. The van der Waals surface area contributed by atoms with E-state index in [2.05, 4.69) is 25.7 Å². The van der Waals surface area contributed by atoms with Gasteiger partial charge in [0.2, 0.25) is 5.95 Å². The Hall–Kier alpha value is -3.07. The fraction of sp³-hybridized carbons (Fsp3) is 0.455. The van der Waals surface area contributed by atoms with Crippen molar-refractivity contribution in [2.45, 2.75) is 51.2 Å². The van der Waals surface area contributed by atoms with E-state index in [1.54, 1.807) is 0 Å². The largest absolute Gasteiger partial charge is 0.350 e. The van der Waals surface area contributed by atoms with Crippen molar-refractivity contribution in [3.05, 3.63) is 36.4 Å². The molecule has 0 unspecified atom stereocenters. The molecule has 9 heteroatoms. The van der Waals surface area contributed by atoms with Crippen LogP contribution in [-0.2, 0) is 6.54 Å². The second-order valence-corrected chi connectivity index (χ2v) is 8.16. The molecule has 4 heterocycles. The summed E-state index contributed by atoms with van der Waals surface area (Å²) < 4.78 is 16.6. The lowest BCUT2D eigenvalue weighted by atomic mass is 9.91. The molecule has 4 aromatic heterocycles. The Morgan fingerprint density at radius 3 is 2.68 bits per heavy atom. The minimum Gasteiger partial charge on any atom is -0.350 e. The molecule has 0 bridgehead atoms. The first kappa shape index (κ1) is 19.9. The number of nitrogens with one attached hydrogen (secondary N) is 2. The second kappa shape index (κ2) is 8.22. The van der Waals surface area contributed by atoms with Crippen molar-refractivity contribution in [2.75, 3.05) is 19.0 Å². The van der Waals surface area contributed by atoms with Gasteiger partial charge in [0.1, 0.15) is 18.0 Å². The van der Waals surface area contributed by atoms with Gasteiger partial charge in [-0.05, 0) is 57.9 Å². The molecular formula is C22H27FN8. The van der Waals surface area contributed by atoms with Gasteiger partial charge in [0.05, 0.1) is 24.0 Å². The average Bonchev–Trinajstić information content (AvgIpc) is 3.35. The number of rotatable bonds is 6. The molecule has 31 heavy (non-hydrogen) atoms. The molecule has 0 aliphatic heterocycles. The Kier molecular flexibility index (Phi) is 5.27. The third kappa shape index (κ3) is 3.74. The number of aromatic nitrogens is 6. The van der Waals surface area contributed by atoms with E-state index < -0.39 is 6.67 Å². The van der Waals surface area contributed by atoms with Crippen molar-refractivity contribution in [2.24, 2.45) is 0 Å². The standard InChI is InChI=1S/C22H27FN8/c1-14-26-19-8-7-18(28-21(19)30(14)12-10-23)17-9-11-31-20(17)13-25-22(29-31)27-16-5-3-15(24-2)4-6-16/h7-9,11,13,15-16,24H,3-6,10,12H2,1-2H3,(H,27,29). The minimum atomic E-state index is -0.451. The first-order valence-electron chi connectivity index (χ1n) is 10.8. The van der Waals surface area contributed by atoms with E-state index >= 15 is 0 Å². The molecule has 2 N–H and O–H groups in total. The topological polar surface area (TPSA) is 85.0 Å². The average molecular weight is 423 g/mol. The summed E-state index contributed by atoms with van der Waals surface area (Å²) in [6.45, 7) is 1.68. The van der Waals surface area contributed by atoms with Gasteiger partial charge in [-0.1, -0.05) is 0 Å². The lowest BCUT2D eigenvalue weighted by molar-refractivity contribution is 0.370. The van der Waals surface area contributed by atoms with Gasteiger partial charge in [0, 0.05) is 23.8 Å². The Morgan fingerprint density at radius 2 is 1.90 bits per heavy atom. The smallest absolute Gasteiger partial charge is 0.241 e. The zero-order valence-electron chi connectivity index (χ0n) is 17.8. The molecule has 1 saturated carbocycles. The number of pyridine rings is 1. The molecular weight excluding hydrogens is 395 g/mol. The Bertz CT molecular complexity index is 1210. The quantitative estimate of drug-likeness (QED) is 0.496. The Morgan fingerprint density at radius 1 is 1.10 bits per heavy atom. The highest BCUT2D eigenvalue weighted by atomic mass is 19.1. The third-order valence-electron chi connectivity index (χ3n) is 6.25. The molecule has 162 valence electrons. The number of aryl methyl sites for hydroxylation is 2. The number of halogens is 1. The molecule has 5 rings (SSSR count). The maximum Gasteiger partial charge on any atom is 0.241 e. The molecule has 4 aromatic rings. The summed E-state index contributed by atoms with van der Waals surface area (Å²) in [5.74, 6) is 1.41. The third-order valence-corrected chi connectivity index (χ3v) is 6.25. The van der Waals surface area contributed by atoms with Crippen LogP contribution in [0.25, 0.3) is 27.9 Å². The van der Waals surface area contributed by atoms with Crippen LogP contribution in [0.1, 0.15) is 31.5 Å². The second-order valence-electron chi connectivity index (χ2n) is 8.16. The first-order chi connectivity index (χ1) is 15.2. The van der Waals surface area contributed by atoms with Crippen molar-refractivity contribution in [3.63, 3.8) is 0 Å². The van der Waals surface area contributed by atoms with Crippen LogP contribution in [-0.4, -0.2) is 54.9 Å². The minimum absolute atomic E-state index is 0.254. The van der Waals surface area contributed by atoms with E-state index in [0.717, 1.165) is 53.8 Å². The van der Waals surface area contributed by atoms with E-state index in [0.29, 0.717) is 23.7 Å².